The number of benzene rings is 2. The Morgan fingerprint density at radius 2 is 1.72 bits per heavy atom. The van der Waals surface area contributed by atoms with Crippen LogP contribution in [0.5, 0.6) is 11.5 Å². The van der Waals surface area contributed by atoms with Gasteiger partial charge < -0.3 is 18.8 Å². The SMILES string of the molecule is COC(=O)c1ccccc1-n1c(C)cc(/C=N\NC(=O)c2ccc(OC)cc2OC)c1C. The van der Waals surface area contributed by atoms with Crippen LogP contribution in [0.1, 0.15) is 37.7 Å². The van der Waals surface area contributed by atoms with Gasteiger partial charge in [0, 0.05) is 23.0 Å². The molecule has 0 saturated carbocycles. The molecule has 166 valence electrons. The van der Waals surface area contributed by atoms with Crippen molar-refractivity contribution in [3.63, 3.8) is 0 Å². The van der Waals surface area contributed by atoms with Gasteiger partial charge >= 0.3 is 5.97 Å². The van der Waals surface area contributed by atoms with Crippen molar-refractivity contribution in [1.29, 1.82) is 0 Å². The van der Waals surface area contributed by atoms with E-state index < -0.39 is 11.9 Å². The summed E-state index contributed by atoms with van der Waals surface area (Å²) in [7, 11) is 4.38. The third-order valence-corrected chi connectivity index (χ3v) is 5.04. The normalized spacial score (nSPS) is 10.8. The first-order valence-corrected chi connectivity index (χ1v) is 9.83. The van der Waals surface area contributed by atoms with Crippen LogP contribution in [0.25, 0.3) is 5.69 Å². The lowest BCUT2D eigenvalue weighted by molar-refractivity contribution is 0.0600. The molecule has 1 heterocycles. The molecule has 8 heteroatoms. The van der Waals surface area contributed by atoms with Gasteiger partial charge in [0.25, 0.3) is 5.91 Å². The van der Waals surface area contributed by atoms with E-state index in [4.69, 9.17) is 14.2 Å². The van der Waals surface area contributed by atoms with Crippen LogP contribution in [-0.2, 0) is 4.74 Å². The second kappa shape index (κ2) is 9.82. The number of rotatable bonds is 7. The monoisotopic (exact) mass is 435 g/mol. The molecule has 0 radical (unpaired) electrons. The summed E-state index contributed by atoms with van der Waals surface area (Å²) in [6.07, 6.45) is 1.56. The van der Waals surface area contributed by atoms with Crippen molar-refractivity contribution in [3.05, 3.63) is 76.6 Å². The number of hydrazone groups is 1. The molecule has 32 heavy (non-hydrogen) atoms. The quantitative estimate of drug-likeness (QED) is 0.347. The van der Waals surface area contributed by atoms with E-state index in [1.807, 2.05) is 36.6 Å². The molecule has 0 unspecified atom stereocenters. The molecular weight excluding hydrogens is 410 g/mol. The van der Waals surface area contributed by atoms with Gasteiger partial charge in [0.1, 0.15) is 11.5 Å². The predicted molar refractivity (Wildman–Crippen MR) is 121 cm³/mol. The standard InChI is InChI=1S/C24H25N3O5/c1-15-12-17(16(2)27(15)21-9-7-6-8-19(21)24(29)32-5)14-25-26-23(28)20-11-10-18(30-3)13-22(20)31-4/h6-14H,1-5H3,(H,26,28)/b25-14-. The smallest absolute Gasteiger partial charge is 0.339 e. The van der Waals surface area contributed by atoms with Gasteiger partial charge in [0.15, 0.2) is 0 Å². The highest BCUT2D eigenvalue weighted by atomic mass is 16.5. The van der Waals surface area contributed by atoms with E-state index >= 15 is 0 Å². The Labute approximate surface area is 186 Å². The van der Waals surface area contributed by atoms with Crippen molar-refractivity contribution in [2.45, 2.75) is 13.8 Å². The topological polar surface area (TPSA) is 91.2 Å². The maximum atomic E-state index is 12.5. The van der Waals surface area contributed by atoms with Crippen LogP contribution in [-0.4, -0.2) is 44.0 Å². The summed E-state index contributed by atoms with van der Waals surface area (Å²) in [6, 6.07) is 14.1. The highest BCUT2D eigenvalue weighted by molar-refractivity contribution is 5.98. The van der Waals surface area contributed by atoms with Gasteiger partial charge in [0.05, 0.1) is 44.4 Å². The number of methoxy groups -OCH3 is 3. The fraction of sp³-hybridized carbons (Fsp3) is 0.208. The molecule has 1 aromatic heterocycles. The summed E-state index contributed by atoms with van der Waals surface area (Å²) in [5.41, 5.74) is 6.59. The Balaban J connectivity index is 1.85. The van der Waals surface area contributed by atoms with E-state index in [-0.39, 0.29) is 0 Å². The fourth-order valence-electron chi connectivity index (χ4n) is 3.45. The molecule has 0 fully saturated rings. The molecule has 3 rings (SSSR count). The number of carbonyl (C=O) groups excluding carboxylic acids is 2. The van der Waals surface area contributed by atoms with Crippen molar-refractivity contribution in [3.8, 4) is 17.2 Å². The molecule has 0 bridgehead atoms. The van der Waals surface area contributed by atoms with Crippen molar-refractivity contribution in [2.24, 2.45) is 5.10 Å². The van der Waals surface area contributed by atoms with Crippen LogP contribution in [0, 0.1) is 13.8 Å². The number of aryl methyl sites for hydroxylation is 1. The first-order chi connectivity index (χ1) is 15.4. The van der Waals surface area contributed by atoms with Crippen LogP contribution < -0.4 is 14.9 Å². The second-order valence-corrected chi connectivity index (χ2v) is 6.94. The number of hydrogen-bond acceptors (Lipinski definition) is 6. The molecule has 1 amide bonds. The summed E-state index contributed by atoms with van der Waals surface area (Å²) in [5, 5.41) is 4.10. The molecule has 0 saturated heterocycles. The van der Waals surface area contributed by atoms with Crippen molar-refractivity contribution in [1.82, 2.24) is 9.99 Å². The van der Waals surface area contributed by atoms with E-state index in [9.17, 15) is 9.59 Å². The van der Waals surface area contributed by atoms with Gasteiger partial charge in [-0.3, -0.25) is 4.79 Å². The molecule has 0 aliphatic heterocycles. The Morgan fingerprint density at radius 1 is 0.969 bits per heavy atom. The summed E-state index contributed by atoms with van der Waals surface area (Å²) < 4.78 is 17.3. The molecule has 2 aromatic carbocycles. The Morgan fingerprint density at radius 3 is 2.41 bits per heavy atom. The van der Waals surface area contributed by atoms with Gasteiger partial charge in [0.2, 0.25) is 0 Å². The molecular formula is C24H25N3O5. The number of amides is 1. The minimum atomic E-state index is -0.413. The summed E-state index contributed by atoms with van der Waals surface area (Å²) >= 11 is 0. The molecule has 0 spiro atoms. The minimum absolute atomic E-state index is 0.336. The van der Waals surface area contributed by atoms with E-state index in [0.717, 1.165) is 17.0 Å². The van der Waals surface area contributed by atoms with Gasteiger partial charge in [-0.1, -0.05) is 12.1 Å². The maximum Gasteiger partial charge on any atom is 0.339 e. The van der Waals surface area contributed by atoms with Crippen LogP contribution in [0.4, 0.5) is 0 Å². The molecule has 3 aromatic rings. The summed E-state index contributed by atoms with van der Waals surface area (Å²) in [5.74, 6) is 0.144. The van der Waals surface area contributed by atoms with Gasteiger partial charge in [-0.05, 0) is 44.2 Å². The lowest BCUT2D eigenvalue weighted by atomic mass is 10.1. The van der Waals surface area contributed by atoms with Crippen molar-refractivity contribution >= 4 is 18.1 Å². The third-order valence-electron chi connectivity index (χ3n) is 5.04. The first-order valence-electron chi connectivity index (χ1n) is 9.83. The van der Waals surface area contributed by atoms with Crippen LogP contribution >= 0.6 is 0 Å². The fourth-order valence-corrected chi connectivity index (χ4v) is 3.45. The van der Waals surface area contributed by atoms with E-state index in [2.05, 4.69) is 10.5 Å². The molecule has 8 nitrogen and oxygen atoms in total. The number of carbonyl (C=O) groups is 2. The highest BCUT2D eigenvalue weighted by Gasteiger charge is 2.17. The number of nitrogens with zero attached hydrogens (tertiary/aromatic N) is 2. The predicted octanol–water partition coefficient (Wildman–Crippen LogP) is 3.66. The lowest BCUT2D eigenvalue weighted by Gasteiger charge is -2.13. The average molecular weight is 435 g/mol. The average Bonchev–Trinajstić information content (AvgIpc) is 3.10. The number of para-hydroxylation sites is 1. The first kappa shape index (κ1) is 22.6. The number of aromatic nitrogens is 1. The van der Waals surface area contributed by atoms with E-state index in [0.29, 0.717) is 28.3 Å². The molecule has 0 aliphatic rings. The minimum Gasteiger partial charge on any atom is -0.497 e. The van der Waals surface area contributed by atoms with Crippen molar-refractivity contribution in [2.75, 3.05) is 21.3 Å². The number of hydrogen-bond donors (Lipinski definition) is 1. The third kappa shape index (κ3) is 4.49. The van der Waals surface area contributed by atoms with Gasteiger partial charge in [-0.2, -0.15) is 5.10 Å². The number of ether oxygens (including phenoxy) is 3. The van der Waals surface area contributed by atoms with Gasteiger partial charge in [-0.15, -0.1) is 0 Å². The van der Waals surface area contributed by atoms with Gasteiger partial charge in [-0.25, -0.2) is 10.2 Å². The zero-order valence-corrected chi connectivity index (χ0v) is 18.6. The van der Waals surface area contributed by atoms with E-state index in [1.54, 1.807) is 43.7 Å². The molecule has 0 atom stereocenters. The maximum absolute atomic E-state index is 12.5. The van der Waals surface area contributed by atoms with Crippen LogP contribution in [0.15, 0.2) is 53.6 Å². The highest BCUT2D eigenvalue weighted by Crippen LogP contribution is 2.25. The largest absolute Gasteiger partial charge is 0.497 e. The number of esters is 1. The molecule has 0 aliphatic carbocycles. The Kier molecular flexibility index (Phi) is 6.94. The number of nitrogens with one attached hydrogen (secondary N) is 1. The van der Waals surface area contributed by atoms with Crippen LogP contribution in [0.2, 0.25) is 0 Å². The van der Waals surface area contributed by atoms with Crippen molar-refractivity contribution < 1.29 is 23.8 Å². The second-order valence-electron chi connectivity index (χ2n) is 6.94. The van der Waals surface area contributed by atoms with E-state index in [1.165, 1.54) is 14.2 Å². The lowest BCUT2D eigenvalue weighted by Crippen LogP contribution is -2.18. The Hall–Kier alpha value is -4.07. The zero-order chi connectivity index (χ0) is 23.3. The summed E-state index contributed by atoms with van der Waals surface area (Å²) in [6.45, 7) is 3.84. The summed E-state index contributed by atoms with van der Waals surface area (Å²) in [4.78, 5) is 24.7. The zero-order valence-electron chi connectivity index (χ0n) is 18.6. The van der Waals surface area contributed by atoms with Crippen LogP contribution in [0.3, 0.4) is 0 Å². The Bertz CT molecular complexity index is 1180. The molecule has 1 N–H and O–H groups in total.